The van der Waals surface area contributed by atoms with Crippen molar-refractivity contribution in [1.29, 1.82) is 0 Å². The zero-order chi connectivity index (χ0) is 19.2. The second-order valence-electron chi connectivity index (χ2n) is 7.03. The molecule has 27 heavy (non-hydrogen) atoms. The summed E-state index contributed by atoms with van der Waals surface area (Å²) in [5.41, 5.74) is 3.37. The summed E-state index contributed by atoms with van der Waals surface area (Å²) in [6, 6.07) is 13.2. The van der Waals surface area contributed by atoms with Gasteiger partial charge >= 0.3 is 5.97 Å². The fourth-order valence-electron chi connectivity index (χ4n) is 3.56. The van der Waals surface area contributed by atoms with Crippen LogP contribution in [0.15, 0.2) is 46.9 Å². The van der Waals surface area contributed by atoms with Gasteiger partial charge in [-0.05, 0) is 62.0 Å². The molecule has 0 bridgehead atoms. The van der Waals surface area contributed by atoms with Gasteiger partial charge in [0.25, 0.3) is 0 Å². The Hall–Kier alpha value is -1.94. The van der Waals surface area contributed by atoms with E-state index in [0.717, 1.165) is 23.7 Å². The molecule has 1 saturated heterocycles. The molecule has 1 fully saturated rings. The lowest BCUT2D eigenvalue weighted by Gasteiger charge is -2.30. The number of rotatable bonds is 6. The SMILES string of the molecule is CCOC(=O)/C(C)=C(/C)SCc1ccc(N2CCCCC2)c2ccccc12. The van der Waals surface area contributed by atoms with Crippen LogP contribution in [0.4, 0.5) is 5.69 Å². The highest BCUT2D eigenvalue weighted by atomic mass is 32.2. The lowest BCUT2D eigenvalue weighted by Crippen LogP contribution is -2.29. The second-order valence-corrected chi connectivity index (χ2v) is 8.22. The van der Waals surface area contributed by atoms with Gasteiger partial charge in [-0.3, -0.25) is 0 Å². The van der Waals surface area contributed by atoms with Gasteiger partial charge in [0.2, 0.25) is 0 Å². The number of allylic oxidation sites excluding steroid dienone is 1. The molecular formula is C23H29NO2S. The molecule has 144 valence electrons. The van der Waals surface area contributed by atoms with Gasteiger partial charge in [0, 0.05) is 35.5 Å². The minimum Gasteiger partial charge on any atom is -0.463 e. The largest absolute Gasteiger partial charge is 0.463 e. The van der Waals surface area contributed by atoms with Crippen molar-refractivity contribution in [2.75, 3.05) is 24.6 Å². The van der Waals surface area contributed by atoms with Crippen LogP contribution in [-0.2, 0) is 15.3 Å². The summed E-state index contributed by atoms with van der Waals surface area (Å²) in [7, 11) is 0. The van der Waals surface area contributed by atoms with Gasteiger partial charge in [-0.2, -0.15) is 0 Å². The molecule has 0 aliphatic carbocycles. The lowest BCUT2D eigenvalue weighted by atomic mass is 10.0. The quantitative estimate of drug-likeness (QED) is 0.457. The molecule has 4 heteroatoms. The highest BCUT2D eigenvalue weighted by molar-refractivity contribution is 8.02. The molecule has 3 rings (SSSR count). The number of hydrogen-bond donors (Lipinski definition) is 0. The predicted molar refractivity (Wildman–Crippen MR) is 116 cm³/mol. The summed E-state index contributed by atoms with van der Waals surface area (Å²) >= 11 is 1.71. The smallest absolute Gasteiger partial charge is 0.334 e. The standard InChI is InChI=1S/C23H29NO2S/c1-4-26-23(25)17(2)18(3)27-16-19-12-13-22(24-14-8-5-9-15-24)21-11-7-6-10-20(19)21/h6-7,10-13H,4-5,8-9,14-16H2,1-3H3/b18-17-. The summed E-state index contributed by atoms with van der Waals surface area (Å²) in [5, 5.41) is 2.65. The number of piperidine rings is 1. The molecule has 0 unspecified atom stereocenters. The fourth-order valence-corrected chi connectivity index (χ4v) is 4.48. The lowest BCUT2D eigenvalue weighted by molar-refractivity contribution is -0.138. The molecule has 0 spiro atoms. The maximum Gasteiger partial charge on any atom is 0.334 e. The van der Waals surface area contributed by atoms with Crippen LogP contribution >= 0.6 is 11.8 Å². The minimum atomic E-state index is -0.215. The van der Waals surface area contributed by atoms with Gasteiger partial charge in [0.1, 0.15) is 0 Å². The average molecular weight is 384 g/mol. The Morgan fingerprint density at radius 2 is 1.74 bits per heavy atom. The zero-order valence-corrected chi connectivity index (χ0v) is 17.4. The Morgan fingerprint density at radius 1 is 1.04 bits per heavy atom. The predicted octanol–water partition coefficient (Wildman–Crippen LogP) is 5.92. The molecule has 1 aliphatic heterocycles. The van der Waals surface area contributed by atoms with E-state index in [1.807, 2.05) is 20.8 Å². The molecule has 0 saturated carbocycles. The Kier molecular flexibility index (Phi) is 6.84. The molecule has 0 N–H and O–H groups in total. The maximum atomic E-state index is 11.9. The van der Waals surface area contributed by atoms with E-state index in [1.165, 1.54) is 41.3 Å². The maximum absolute atomic E-state index is 11.9. The fraction of sp³-hybridized carbons (Fsp3) is 0.435. The molecular weight excluding hydrogens is 354 g/mol. The van der Waals surface area contributed by atoms with Gasteiger partial charge in [-0.15, -0.1) is 11.8 Å². The Morgan fingerprint density at radius 3 is 2.44 bits per heavy atom. The summed E-state index contributed by atoms with van der Waals surface area (Å²) in [6.45, 7) is 8.40. The van der Waals surface area contributed by atoms with Gasteiger partial charge in [0.15, 0.2) is 0 Å². The number of benzene rings is 2. The van der Waals surface area contributed by atoms with Gasteiger partial charge in [-0.25, -0.2) is 4.79 Å². The van der Waals surface area contributed by atoms with Gasteiger partial charge < -0.3 is 9.64 Å². The van der Waals surface area contributed by atoms with Gasteiger partial charge in [0.05, 0.1) is 6.61 Å². The van der Waals surface area contributed by atoms with Crippen LogP contribution in [0.2, 0.25) is 0 Å². The number of carbonyl (C=O) groups is 1. The number of anilines is 1. The van der Waals surface area contributed by atoms with Crippen LogP contribution in [-0.4, -0.2) is 25.7 Å². The number of nitrogens with zero attached hydrogens (tertiary/aromatic N) is 1. The van der Waals surface area contributed by atoms with E-state index >= 15 is 0 Å². The topological polar surface area (TPSA) is 29.5 Å². The number of carbonyl (C=O) groups excluding carboxylic acids is 1. The van der Waals surface area contributed by atoms with Crippen molar-refractivity contribution in [3.63, 3.8) is 0 Å². The molecule has 2 aromatic rings. The first-order chi connectivity index (χ1) is 13.1. The van der Waals surface area contributed by atoms with Crippen molar-refractivity contribution >= 4 is 34.2 Å². The normalized spacial score (nSPS) is 15.6. The summed E-state index contributed by atoms with van der Waals surface area (Å²) in [4.78, 5) is 15.5. The molecule has 0 aromatic heterocycles. The van der Waals surface area contributed by atoms with E-state index in [4.69, 9.17) is 4.74 Å². The third-order valence-electron chi connectivity index (χ3n) is 5.24. The van der Waals surface area contributed by atoms with Crippen LogP contribution < -0.4 is 4.90 Å². The van der Waals surface area contributed by atoms with E-state index in [2.05, 4.69) is 41.3 Å². The van der Waals surface area contributed by atoms with E-state index in [0.29, 0.717) is 12.2 Å². The van der Waals surface area contributed by atoms with E-state index in [-0.39, 0.29) is 5.97 Å². The molecule has 1 aliphatic rings. The first-order valence-electron chi connectivity index (χ1n) is 9.84. The first-order valence-corrected chi connectivity index (χ1v) is 10.8. The Labute approximate surface area is 166 Å². The molecule has 3 nitrogen and oxygen atoms in total. The van der Waals surface area contributed by atoms with Gasteiger partial charge in [-0.1, -0.05) is 30.3 Å². The van der Waals surface area contributed by atoms with Crippen molar-refractivity contribution < 1.29 is 9.53 Å². The summed E-state index contributed by atoms with van der Waals surface area (Å²) in [5.74, 6) is 0.636. The Bertz CT molecular complexity index is 837. The van der Waals surface area contributed by atoms with Crippen LogP contribution in [0.1, 0.15) is 45.6 Å². The highest BCUT2D eigenvalue weighted by Gasteiger charge is 2.15. The number of hydrogen-bond acceptors (Lipinski definition) is 4. The van der Waals surface area contributed by atoms with Crippen molar-refractivity contribution in [2.24, 2.45) is 0 Å². The van der Waals surface area contributed by atoms with Crippen LogP contribution in [0.5, 0.6) is 0 Å². The number of fused-ring (bicyclic) bond motifs is 1. The number of esters is 1. The van der Waals surface area contributed by atoms with Crippen LogP contribution in [0.3, 0.4) is 0 Å². The average Bonchev–Trinajstić information content (AvgIpc) is 2.72. The summed E-state index contributed by atoms with van der Waals surface area (Å²) < 4.78 is 5.11. The Balaban J connectivity index is 1.84. The molecule has 0 atom stereocenters. The minimum absolute atomic E-state index is 0.215. The van der Waals surface area contributed by atoms with E-state index in [9.17, 15) is 4.79 Å². The molecule has 0 amide bonds. The highest BCUT2D eigenvalue weighted by Crippen LogP contribution is 2.34. The van der Waals surface area contributed by atoms with Crippen molar-refractivity contribution in [1.82, 2.24) is 0 Å². The number of ether oxygens (including phenoxy) is 1. The molecule has 0 radical (unpaired) electrons. The van der Waals surface area contributed by atoms with Crippen LogP contribution in [0, 0.1) is 0 Å². The first kappa shape index (κ1) is 19.8. The van der Waals surface area contributed by atoms with E-state index < -0.39 is 0 Å². The summed E-state index contributed by atoms with van der Waals surface area (Å²) in [6.07, 6.45) is 3.90. The second kappa shape index (κ2) is 9.32. The number of thioether (sulfide) groups is 1. The molecule has 2 aromatic carbocycles. The third kappa shape index (κ3) is 4.67. The zero-order valence-electron chi connectivity index (χ0n) is 16.6. The van der Waals surface area contributed by atoms with Crippen molar-refractivity contribution in [3.8, 4) is 0 Å². The van der Waals surface area contributed by atoms with Crippen molar-refractivity contribution in [2.45, 2.75) is 45.8 Å². The monoisotopic (exact) mass is 383 g/mol. The van der Waals surface area contributed by atoms with Crippen LogP contribution in [0.25, 0.3) is 10.8 Å². The van der Waals surface area contributed by atoms with E-state index in [1.54, 1.807) is 11.8 Å². The van der Waals surface area contributed by atoms with Crippen molar-refractivity contribution in [3.05, 3.63) is 52.4 Å². The molecule has 1 heterocycles. The third-order valence-corrected chi connectivity index (χ3v) is 6.44.